The second-order valence-corrected chi connectivity index (χ2v) is 26.0. The Bertz CT molecular complexity index is 340. The van der Waals surface area contributed by atoms with Gasteiger partial charge in [-0.25, -0.2) is 4.99 Å². The molecule has 0 heterocycles. The highest BCUT2D eigenvalue weighted by atomic mass is 31.4. The van der Waals surface area contributed by atoms with Crippen LogP contribution in [0.1, 0.15) is 41.5 Å². The standard InChI is InChI=1S/C15H36NOPSi2/c1-14(2,3)16-13(17-19(7,8)9)18(15(4,5)6)20(10,11)12/h1-12H3. The molecule has 120 valence electrons. The first-order valence-corrected chi connectivity index (χ1v) is 16.6. The third-order valence-corrected chi connectivity index (χ3v) is 13.2. The fourth-order valence-electron chi connectivity index (χ4n) is 2.26. The minimum atomic E-state index is -1.63. The van der Waals surface area contributed by atoms with E-state index in [0.717, 1.165) is 5.64 Å². The normalized spacial score (nSPS) is 17.1. The maximum absolute atomic E-state index is 6.48. The lowest BCUT2D eigenvalue weighted by atomic mass is 10.1. The van der Waals surface area contributed by atoms with Crippen molar-refractivity contribution >= 4 is 29.2 Å². The van der Waals surface area contributed by atoms with Gasteiger partial charge >= 0.3 is 0 Å². The minimum absolute atomic E-state index is 0.0690. The molecule has 0 N–H and O–H groups in total. The number of aliphatic imine (C=N–C) groups is 1. The maximum atomic E-state index is 6.48. The first-order chi connectivity index (χ1) is 8.43. The van der Waals surface area contributed by atoms with Gasteiger partial charge < -0.3 is 4.43 Å². The first kappa shape index (κ1) is 20.3. The van der Waals surface area contributed by atoms with Gasteiger partial charge in [0, 0.05) is 0 Å². The molecule has 0 radical (unpaired) electrons. The van der Waals surface area contributed by atoms with Crippen molar-refractivity contribution in [2.24, 2.45) is 4.99 Å². The van der Waals surface area contributed by atoms with E-state index in [1.54, 1.807) is 0 Å². The highest BCUT2D eigenvalue weighted by Crippen LogP contribution is 2.59. The van der Waals surface area contributed by atoms with Gasteiger partial charge in [0.1, 0.15) is 0 Å². The highest BCUT2D eigenvalue weighted by Gasteiger charge is 2.42. The zero-order valence-electron chi connectivity index (χ0n) is 15.8. The molecule has 0 spiro atoms. The van der Waals surface area contributed by atoms with Gasteiger partial charge in [0.2, 0.25) is 8.32 Å². The van der Waals surface area contributed by atoms with Gasteiger partial charge in [0.05, 0.1) is 13.3 Å². The molecule has 0 amide bonds. The topological polar surface area (TPSA) is 21.6 Å². The van der Waals surface area contributed by atoms with Crippen LogP contribution in [0.15, 0.2) is 4.99 Å². The summed E-state index contributed by atoms with van der Waals surface area (Å²) in [6.45, 7) is 27.7. The van der Waals surface area contributed by atoms with Gasteiger partial charge in [-0.05, 0) is 53.0 Å². The fraction of sp³-hybridized carbons (Fsp3) is 0.933. The van der Waals surface area contributed by atoms with Crippen LogP contribution in [0.25, 0.3) is 0 Å². The van der Waals surface area contributed by atoms with E-state index in [9.17, 15) is 0 Å². The third-order valence-electron chi connectivity index (χ3n) is 2.36. The molecule has 0 aromatic carbocycles. The first-order valence-electron chi connectivity index (χ1n) is 7.53. The van der Waals surface area contributed by atoms with E-state index >= 15 is 0 Å². The van der Waals surface area contributed by atoms with Crippen molar-refractivity contribution in [3.63, 3.8) is 0 Å². The molecule has 0 saturated carbocycles. The lowest BCUT2D eigenvalue weighted by Crippen LogP contribution is -2.39. The van der Waals surface area contributed by atoms with E-state index in [1.807, 2.05) is 0 Å². The second kappa shape index (κ2) is 6.22. The van der Waals surface area contributed by atoms with Crippen LogP contribution >= 0.6 is 7.47 Å². The van der Waals surface area contributed by atoms with Crippen LogP contribution in [-0.2, 0) is 4.43 Å². The summed E-state index contributed by atoms with van der Waals surface area (Å²) in [6.07, 6.45) is 0. The van der Waals surface area contributed by atoms with E-state index in [2.05, 4.69) is 80.8 Å². The Morgan fingerprint density at radius 1 is 0.850 bits per heavy atom. The van der Waals surface area contributed by atoms with Gasteiger partial charge in [-0.2, -0.15) is 0 Å². The molecule has 0 aromatic heterocycles. The largest absolute Gasteiger partial charge is 0.532 e. The molecular formula is C15H36NOPSi2. The molecule has 0 aliphatic heterocycles. The molecule has 1 unspecified atom stereocenters. The molecule has 0 fully saturated rings. The Hall–Kier alpha value is 0.334. The number of hydrogen-bond donors (Lipinski definition) is 0. The predicted octanol–water partition coefficient (Wildman–Crippen LogP) is 6.11. The van der Waals surface area contributed by atoms with Crippen molar-refractivity contribution in [2.45, 2.75) is 91.5 Å². The lowest BCUT2D eigenvalue weighted by molar-refractivity contribution is 0.520. The lowest BCUT2D eigenvalue weighted by Gasteiger charge is -2.42. The summed E-state index contributed by atoms with van der Waals surface area (Å²) in [5.74, 6) is 0. The Labute approximate surface area is 130 Å². The monoisotopic (exact) mass is 333 g/mol. The van der Waals surface area contributed by atoms with Crippen LogP contribution in [-0.4, -0.2) is 32.4 Å². The molecule has 0 aliphatic rings. The van der Waals surface area contributed by atoms with Crippen LogP contribution in [0.4, 0.5) is 0 Å². The molecule has 20 heavy (non-hydrogen) atoms. The van der Waals surface area contributed by atoms with Crippen LogP contribution < -0.4 is 0 Å². The summed E-state index contributed by atoms with van der Waals surface area (Å²) < 4.78 is 6.48. The Morgan fingerprint density at radius 2 is 1.25 bits per heavy atom. The quantitative estimate of drug-likeness (QED) is 0.264. The third kappa shape index (κ3) is 7.94. The van der Waals surface area contributed by atoms with Gasteiger partial charge in [-0.3, -0.25) is 0 Å². The summed E-state index contributed by atoms with van der Waals surface area (Å²) in [6, 6.07) is 0. The summed E-state index contributed by atoms with van der Waals surface area (Å²) >= 11 is 0. The molecule has 2 nitrogen and oxygen atoms in total. The van der Waals surface area contributed by atoms with Crippen LogP contribution in [0.2, 0.25) is 39.3 Å². The Balaban J connectivity index is 5.88. The zero-order chi connectivity index (χ0) is 16.6. The smallest absolute Gasteiger partial charge is 0.244 e. The summed E-state index contributed by atoms with van der Waals surface area (Å²) in [7, 11) is -3.32. The molecule has 0 aromatic rings. The number of nitrogens with zero attached hydrogens (tertiary/aromatic N) is 1. The zero-order valence-corrected chi connectivity index (χ0v) is 18.7. The van der Waals surface area contributed by atoms with Gasteiger partial charge in [-0.15, -0.1) is 0 Å². The Kier molecular flexibility index (Phi) is 6.32. The van der Waals surface area contributed by atoms with E-state index < -0.39 is 16.1 Å². The average molecular weight is 334 g/mol. The van der Waals surface area contributed by atoms with Crippen molar-refractivity contribution in [1.82, 2.24) is 0 Å². The van der Waals surface area contributed by atoms with Crippen molar-refractivity contribution < 1.29 is 4.43 Å². The molecule has 5 heteroatoms. The molecule has 0 bridgehead atoms. The summed E-state index contributed by atoms with van der Waals surface area (Å²) in [5, 5.41) is 0.254. The SMILES string of the molecule is CC(C)(C)N=C(O[Si](C)(C)C)P(C(C)(C)C)[Si](C)(C)C. The van der Waals surface area contributed by atoms with E-state index in [4.69, 9.17) is 9.42 Å². The fourth-order valence-corrected chi connectivity index (χ4v) is 15.9. The highest BCUT2D eigenvalue weighted by molar-refractivity contribution is 8.06. The van der Waals surface area contributed by atoms with Crippen LogP contribution in [0, 0.1) is 0 Å². The molecule has 1 atom stereocenters. The molecule has 0 saturated heterocycles. The molecule has 0 aliphatic carbocycles. The van der Waals surface area contributed by atoms with Gasteiger partial charge in [0.25, 0.3) is 0 Å². The minimum Gasteiger partial charge on any atom is -0.532 e. The van der Waals surface area contributed by atoms with E-state index in [1.165, 1.54) is 0 Å². The number of hydrogen-bond acceptors (Lipinski definition) is 2. The predicted molar refractivity (Wildman–Crippen MR) is 102 cm³/mol. The van der Waals surface area contributed by atoms with Crippen molar-refractivity contribution in [1.29, 1.82) is 0 Å². The van der Waals surface area contributed by atoms with Crippen LogP contribution in [0.5, 0.6) is 0 Å². The van der Waals surface area contributed by atoms with E-state index in [0.29, 0.717) is 0 Å². The van der Waals surface area contributed by atoms with Crippen LogP contribution in [0.3, 0.4) is 0 Å². The van der Waals surface area contributed by atoms with E-state index in [-0.39, 0.29) is 18.2 Å². The van der Waals surface area contributed by atoms with Gasteiger partial charge in [-0.1, -0.05) is 40.4 Å². The molecule has 0 rings (SSSR count). The average Bonchev–Trinajstić information content (AvgIpc) is 1.87. The second-order valence-electron chi connectivity index (χ2n) is 9.46. The Morgan fingerprint density at radius 3 is 1.45 bits per heavy atom. The maximum Gasteiger partial charge on any atom is 0.244 e. The summed E-state index contributed by atoms with van der Waals surface area (Å²) in [5.41, 5.74) is 1.01. The molecular weight excluding hydrogens is 297 g/mol. The van der Waals surface area contributed by atoms with Gasteiger partial charge in [0.15, 0.2) is 5.64 Å². The summed E-state index contributed by atoms with van der Waals surface area (Å²) in [4.78, 5) is 5.02. The van der Waals surface area contributed by atoms with Crippen molar-refractivity contribution in [2.75, 3.05) is 0 Å². The number of rotatable bonds is 3. The van der Waals surface area contributed by atoms with Crippen molar-refractivity contribution in [3.05, 3.63) is 0 Å². The van der Waals surface area contributed by atoms with Crippen molar-refractivity contribution in [3.8, 4) is 0 Å².